The summed E-state index contributed by atoms with van der Waals surface area (Å²) in [5.41, 5.74) is 1.65. The third kappa shape index (κ3) is 5.67. The Kier molecular flexibility index (Phi) is 6.65. The lowest BCUT2D eigenvalue weighted by atomic mass is 10.1. The van der Waals surface area contributed by atoms with Gasteiger partial charge in [0.2, 0.25) is 0 Å². The van der Waals surface area contributed by atoms with E-state index in [9.17, 15) is 19.2 Å². The molecule has 0 saturated carbocycles. The van der Waals surface area contributed by atoms with Crippen molar-refractivity contribution in [2.45, 2.75) is 31.9 Å². The van der Waals surface area contributed by atoms with Crippen LogP contribution in [0.5, 0.6) is 0 Å². The van der Waals surface area contributed by atoms with Gasteiger partial charge < -0.3 is 25.0 Å². The zero-order chi connectivity index (χ0) is 20.8. The molecule has 4 amide bonds. The molecule has 1 aromatic rings. The molecule has 2 fully saturated rings. The van der Waals surface area contributed by atoms with Crippen LogP contribution in [0.2, 0.25) is 0 Å². The van der Waals surface area contributed by atoms with E-state index in [1.165, 1.54) is 6.92 Å². The number of ether oxygens (including phenoxy) is 2. The first-order valence-corrected chi connectivity index (χ1v) is 9.47. The van der Waals surface area contributed by atoms with Crippen LogP contribution in [0.15, 0.2) is 24.3 Å². The molecule has 2 atom stereocenters. The fourth-order valence-corrected chi connectivity index (χ4v) is 3.05. The summed E-state index contributed by atoms with van der Waals surface area (Å²) in [5.74, 6) is -1.55. The number of imide groups is 1. The van der Waals surface area contributed by atoms with Gasteiger partial charge in [0.1, 0.15) is 6.04 Å². The Hall–Kier alpha value is -3.14. The summed E-state index contributed by atoms with van der Waals surface area (Å²) >= 11 is 0. The average molecular weight is 404 g/mol. The van der Waals surface area contributed by atoms with Gasteiger partial charge in [-0.3, -0.25) is 19.7 Å². The van der Waals surface area contributed by atoms with Crippen LogP contribution in [0, 0.1) is 0 Å². The molecule has 29 heavy (non-hydrogen) atoms. The van der Waals surface area contributed by atoms with Gasteiger partial charge in [-0.2, -0.15) is 0 Å². The minimum absolute atomic E-state index is 0.0930. The molecule has 3 rings (SSSR count). The molecule has 3 N–H and O–H groups in total. The normalized spacial score (nSPS) is 19.9. The Morgan fingerprint density at radius 2 is 1.93 bits per heavy atom. The summed E-state index contributed by atoms with van der Waals surface area (Å²) in [5, 5.41) is 7.19. The lowest BCUT2D eigenvalue weighted by Crippen LogP contribution is -2.36. The van der Waals surface area contributed by atoms with Crippen molar-refractivity contribution in [1.29, 1.82) is 0 Å². The Morgan fingerprint density at radius 3 is 2.55 bits per heavy atom. The van der Waals surface area contributed by atoms with Crippen molar-refractivity contribution in [1.82, 2.24) is 10.6 Å². The second-order valence-corrected chi connectivity index (χ2v) is 6.82. The summed E-state index contributed by atoms with van der Waals surface area (Å²) in [6, 6.07) is 6.07. The van der Waals surface area contributed by atoms with E-state index in [2.05, 4.69) is 20.9 Å². The van der Waals surface area contributed by atoms with E-state index in [-0.39, 0.29) is 12.8 Å². The number of amides is 4. The van der Waals surface area contributed by atoms with E-state index in [0.717, 1.165) is 18.8 Å². The van der Waals surface area contributed by atoms with E-state index in [0.29, 0.717) is 18.9 Å². The van der Waals surface area contributed by atoms with Crippen molar-refractivity contribution in [2.24, 2.45) is 0 Å². The first-order valence-electron chi connectivity index (χ1n) is 9.47. The number of benzene rings is 1. The number of nitrogens with one attached hydrogen (secondary N) is 3. The van der Waals surface area contributed by atoms with Gasteiger partial charge in [0.05, 0.1) is 13.2 Å². The van der Waals surface area contributed by atoms with Gasteiger partial charge in [-0.25, -0.2) is 4.79 Å². The zero-order valence-electron chi connectivity index (χ0n) is 16.1. The maximum Gasteiger partial charge on any atom is 0.322 e. The molecule has 2 heterocycles. The predicted octanol–water partition coefficient (Wildman–Crippen LogP) is 0.382. The molecule has 0 aliphatic carbocycles. The summed E-state index contributed by atoms with van der Waals surface area (Å²) in [4.78, 5) is 48.8. The molecule has 1 aromatic carbocycles. The van der Waals surface area contributed by atoms with Crippen molar-refractivity contribution in [3.05, 3.63) is 24.3 Å². The van der Waals surface area contributed by atoms with Gasteiger partial charge in [0.25, 0.3) is 11.8 Å². The molecular formula is C19H24N4O6. The van der Waals surface area contributed by atoms with Crippen LogP contribution < -0.4 is 20.9 Å². The van der Waals surface area contributed by atoms with E-state index in [4.69, 9.17) is 9.47 Å². The molecule has 10 heteroatoms. The number of rotatable bonds is 7. The fraction of sp³-hybridized carbons (Fsp3) is 0.474. The molecule has 0 bridgehead atoms. The largest absolute Gasteiger partial charge is 0.453 e. The first kappa shape index (κ1) is 20.6. The monoisotopic (exact) mass is 404 g/mol. The van der Waals surface area contributed by atoms with E-state index >= 15 is 0 Å². The van der Waals surface area contributed by atoms with E-state index in [1.807, 2.05) is 12.1 Å². The number of esters is 1. The van der Waals surface area contributed by atoms with Crippen LogP contribution in [-0.2, 0) is 23.9 Å². The van der Waals surface area contributed by atoms with Gasteiger partial charge in [-0.1, -0.05) is 0 Å². The molecule has 2 saturated heterocycles. The van der Waals surface area contributed by atoms with Crippen molar-refractivity contribution in [2.75, 3.05) is 36.5 Å². The highest BCUT2D eigenvalue weighted by atomic mass is 16.5. The van der Waals surface area contributed by atoms with Crippen LogP contribution >= 0.6 is 0 Å². The molecule has 10 nitrogen and oxygen atoms in total. The Morgan fingerprint density at radius 1 is 1.24 bits per heavy atom. The van der Waals surface area contributed by atoms with Gasteiger partial charge in [0.15, 0.2) is 6.10 Å². The standard InChI is InChI=1S/C19H24N4O6/c1-12(29-16(24)7-6-15-18(26)22-19(27)21-15)17(25)20-13-2-4-14(5-3-13)23-8-10-28-11-9-23/h2-5,12,15H,6-11H2,1H3,(H,20,25)(H2,21,22,26,27)/t12-,15+/m0/s1. The number of nitrogens with zero attached hydrogens (tertiary/aromatic N) is 1. The molecule has 2 aliphatic heterocycles. The van der Waals surface area contributed by atoms with Crippen LogP contribution in [0.25, 0.3) is 0 Å². The second-order valence-electron chi connectivity index (χ2n) is 6.82. The highest BCUT2D eigenvalue weighted by Gasteiger charge is 2.30. The van der Waals surface area contributed by atoms with Crippen molar-refractivity contribution >= 4 is 35.2 Å². The number of urea groups is 1. The maximum absolute atomic E-state index is 12.3. The highest BCUT2D eigenvalue weighted by molar-refractivity contribution is 6.04. The number of anilines is 2. The molecule has 0 radical (unpaired) electrons. The minimum atomic E-state index is -0.992. The number of morpholine rings is 1. The van der Waals surface area contributed by atoms with Crippen LogP contribution in [0.3, 0.4) is 0 Å². The number of carbonyl (C=O) groups is 4. The van der Waals surface area contributed by atoms with Gasteiger partial charge in [-0.05, 0) is 37.6 Å². The predicted molar refractivity (Wildman–Crippen MR) is 103 cm³/mol. The molecule has 0 unspecified atom stereocenters. The average Bonchev–Trinajstić information content (AvgIpc) is 3.04. The second kappa shape index (κ2) is 9.37. The quantitative estimate of drug-likeness (QED) is 0.443. The van der Waals surface area contributed by atoms with E-state index < -0.39 is 36.0 Å². The molecule has 0 aromatic heterocycles. The number of carbonyl (C=O) groups excluding carboxylic acids is 4. The summed E-state index contributed by atoms with van der Waals surface area (Å²) in [6.07, 6.45) is -0.980. The van der Waals surface area contributed by atoms with E-state index in [1.54, 1.807) is 12.1 Å². The minimum Gasteiger partial charge on any atom is -0.453 e. The van der Waals surface area contributed by atoms with Gasteiger partial charge >= 0.3 is 12.0 Å². The van der Waals surface area contributed by atoms with Gasteiger partial charge in [0, 0.05) is 30.9 Å². The van der Waals surface area contributed by atoms with Crippen LogP contribution in [0.1, 0.15) is 19.8 Å². The fourth-order valence-electron chi connectivity index (χ4n) is 3.05. The Labute approximate surface area is 167 Å². The first-order chi connectivity index (χ1) is 13.9. The summed E-state index contributed by atoms with van der Waals surface area (Å²) < 4.78 is 10.4. The highest BCUT2D eigenvalue weighted by Crippen LogP contribution is 2.19. The number of hydrogen-bond donors (Lipinski definition) is 3. The van der Waals surface area contributed by atoms with Crippen LogP contribution in [-0.4, -0.2) is 62.3 Å². The Balaban J connectivity index is 1.43. The van der Waals surface area contributed by atoms with Crippen molar-refractivity contribution in [3.8, 4) is 0 Å². The van der Waals surface area contributed by atoms with Gasteiger partial charge in [-0.15, -0.1) is 0 Å². The molecule has 2 aliphatic rings. The Bertz CT molecular complexity index is 775. The van der Waals surface area contributed by atoms with Crippen molar-refractivity contribution < 1.29 is 28.7 Å². The smallest absolute Gasteiger partial charge is 0.322 e. The molecule has 156 valence electrons. The third-order valence-corrected chi connectivity index (χ3v) is 4.68. The lowest BCUT2D eigenvalue weighted by molar-refractivity contribution is -0.153. The van der Waals surface area contributed by atoms with Crippen LogP contribution in [0.4, 0.5) is 16.2 Å². The lowest BCUT2D eigenvalue weighted by Gasteiger charge is -2.28. The zero-order valence-corrected chi connectivity index (χ0v) is 16.1. The third-order valence-electron chi connectivity index (χ3n) is 4.68. The van der Waals surface area contributed by atoms with Crippen molar-refractivity contribution in [3.63, 3.8) is 0 Å². The molecular weight excluding hydrogens is 380 g/mol. The summed E-state index contributed by atoms with van der Waals surface area (Å²) in [7, 11) is 0. The topological polar surface area (TPSA) is 126 Å². The molecule has 0 spiro atoms. The number of hydrogen-bond acceptors (Lipinski definition) is 7. The maximum atomic E-state index is 12.3. The SMILES string of the molecule is C[C@H](OC(=O)CC[C@H]1NC(=O)NC1=O)C(=O)Nc1ccc(N2CCOCC2)cc1. The summed E-state index contributed by atoms with van der Waals surface area (Å²) in [6.45, 7) is 4.51.